The lowest BCUT2D eigenvalue weighted by Gasteiger charge is -2.45. The highest BCUT2D eigenvalue weighted by atomic mass is 16.6. The van der Waals surface area contributed by atoms with Crippen LogP contribution in [0.3, 0.4) is 0 Å². The second kappa shape index (κ2) is 16.2. The summed E-state index contributed by atoms with van der Waals surface area (Å²) in [5, 5.41) is 19.8. The second-order valence-electron chi connectivity index (χ2n) is 14.6. The molecular weight excluding hydrogens is 639 g/mol. The molecule has 1 aromatic heterocycles. The van der Waals surface area contributed by atoms with E-state index in [9.17, 15) is 19.5 Å². The quantitative estimate of drug-likeness (QED) is 0.232. The van der Waals surface area contributed by atoms with Crippen LogP contribution >= 0.6 is 0 Å². The van der Waals surface area contributed by atoms with Gasteiger partial charge in [0.05, 0.1) is 37.6 Å². The number of amides is 2. The van der Waals surface area contributed by atoms with Crippen LogP contribution in [0.25, 0.3) is 11.3 Å². The number of aliphatic hydroxyl groups excluding tert-OH is 1. The van der Waals surface area contributed by atoms with Gasteiger partial charge in [-0.25, -0.2) is 4.79 Å². The van der Waals surface area contributed by atoms with Crippen molar-refractivity contribution < 1.29 is 33.7 Å². The molecule has 14 heteroatoms. The van der Waals surface area contributed by atoms with E-state index in [0.29, 0.717) is 51.0 Å². The highest BCUT2D eigenvalue weighted by Crippen LogP contribution is 2.41. The molecule has 2 radical (unpaired) electrons. The smallest absolute Gasteiger partial charge is 0.410 e. The van der Waals surface area contributed by atoms with E-state index in [-0.39, 0.29) is 24.0 Å². The minimum atomic E-state index is -1.47. The minimum Gasteiger partial charge on any atom is -0.438 e. The second-order valence-corrected chi connectivity index (χ2v) is 14.6. The highest BCUT2D eigenvalue weighted by molar-refractivity contribution is 6.14. The van der Waals surface area contributed by atoms with E-state index in [0.717, 1.165) is 11.3 Å². The maximum atomic E-state index is 13.8. The minimum absolute atomic E-state index is 0.0261. The molecule has 9 atom stereocenters. The molecular formula is C36H55BN6O7. The first-order valence-corrected chi connectivity index (χ1v) is 17.7. The lowest BCUT2D eigenvalue weighted by molar-refractivity contribution is -0.210. The van der Waals surface area contributed by atoms with Gasteiger partial charge in [0, 0.05) is 51.3 Å². The Labute approximate surface area is 297 Å². The number of nitrogens with two attached hydrogens (primary N) is 1. The first kappa shape index (κ1) is 39.3. The number of benzene rings is 1. The molecule has 4 rings (SSSR count). The predicted octanol–water partition coefficient (Wildman–Crippen LogP) is 4.23. The number of aromatic nitrogens is 3. The molecule has 1 aromatic carbocycles. The zero-order valence-corrected chi connectivity index (χ0v) is 30.9. The number of fused-ring (bicyclic) bond motifs is 1. The molecule has 0 aliphatic carbocycles. The van der Waals surface area contributed by atoms with Crippen molar-refractivity contribution in [1.82, 2.24) is 24.8 Å². The summed E-state index contributed by atoms with van der Waals surface area (Å²) in [6.45, 7) is 13.9. The van der Waals surface area contributed by atoms with Crippen LogP contribution in [0.15, 0.2) is 30.5 Å². The van der Waals surface area contributed by atoms with E-state index in [1.807, 2.05) is 58.2 Å². The zero-order valence-electron chi connectivity index (χ0n) is 30.9. The van der Waals surface area contributed by atoms with E-state index in [4.69, 9.17) is 27.8 Å². The number of rotatable bonds is 8. The molecule has 2 amide bonds. The summed E-state index contributed by atoms with van der Waals surface area (Å²) in [5.74, 6) is -2.03. The number of carbonyl (C=O) groups excluding carboxylic acids is 3. The molecule has 0 spiro atoms. The predicted molar refractivity (Wildman–Crippen MR) is 190 cm³/mol. The van der Waals surface area contributed by atoms with Gasteiger partial charge in [0.1, 0.15) is 17.6 Å². The fourth-order valence-corrected chi connectivity index (χ4v) is 7.68. The monoisotopic (exact) mass is 694 g/mol. The van der Waals surface area contributed by atoms with Crippen LogP contribution in [0.1, 0.15) is 80.6 Å². The Hall–Kier alpha value is -3.49. The molecule has 2 saturated heterocycles. The third-order valence-electron chi connectivity index (χ3n) is 10.8. The molecule has 50 heavy (non-hydrogen) atoms. The van der Waals surface area contributed by atoms with Crippen molar-refractivity contribution in [3.05, 3.63) is 30.5 Å². The Morgan fingerprint density at radius 1 is 1.18 bits per heavy atom. The molecule has 0 bridgehead atoms. The summed E-state index contributed by atoms with van der Waals surface area (Å²) in [5.41, 5.74) is 6.04. The van der Waals surface area contributed by atoms with Gasteiger partial charge in [0.25, 0.3) is 0 Å². The van der Waals surface area contributed by atoms with Crippen LogP contribution in [-0.2, 0) is 30.3 Å². The van der Waals surface area contributed by atoms with Gasteiger partial charge in [-0.1, -0.05) is 38.1 Å². The van der Waals surface area contributed by atoms with Crippen molar-refractivity contribution in [2.24, 2.45) is 11.8 Å². The molecule has 2 fully saturated rings. The number of ketones is 1. The Balaban J connectivity index is 1.61. The van der Waals surface area contributed by atoms with Crippen LogP contribution in [0.2, 0.25) is 5.82 Å². The Morgan fingerprint density at radius 2 is 1.88 bits per heavy atom. The van der Waals surface area contributed by atoms with Gasteiger partial charge in [-0.2, -0.15) is 0 Å². The van der Waals surface area contributed by atoms with E-state index in [1.165, 1.54) is 6.92 Å². The Kier molecular flexibility index (Phi) is 12.8. The summed E-state index contributed by atoms with van der Waals surface area (Å²) in [7, 11) is 8.14. The molecule has 3 heterocycles. The fourth-order valence-electron chi connectivity index (χ4n) is 7.68. The van der Waals surface area contributed by atoms with Crippen molar-refractivity contribution in [3.8, 4) is 11.3 Å². The maximum Gasteiger partial charge on any atom is 0.410 e. The van der Waals surface area contributed by atoms with Gasteiger partial charge in [0.2, 0.25) is 5.91 Å². The molecule has 1 unspecified atom stereocenters. The number of hydrogen-bond donors (Lipinski definition) is 2. The van der Waals surface area contributed by atoms with Gasteiger partial charge >= 0.3 is 6.09 Å². The van der Waals surface area contributed by atoms with E-state index >= 15 is 0 Å². The van der Waals surface area contributed by atoms with Crippen molar-refractivity contribution in [3.63, 3.8) is 0 Å². The number of nitrogens with zero attached hydrogens (tertiary/aromatic N) is 5. The average Bonchev–Trinajstić information content (AvgIpc) is 3.64. The molecule has 2 aromatic rings. The molecule has 274 valence electrons. The third-order valence-corrected chi connectivity index (χ3v) is 10.8. The Bertz CT molecular complexity index is 1490. The molecule has 2 aliphatic heterocycles. The first-order chi connectivity index (χ1) is 23.5. The van der Waals surface area contributed by atoms with E-state index in [1.54, 1.807) is 35.4 Å². The number of methoxy groups -OCH3 is 1. The van der Waals surface area contributed by atoms with Gasteiger partial charge in [-0.05, 0) is 70.3 Å². The summed E-state index contributed by atoms with van der Waals surface area (Å²) >= 11 is 0. The van der Waals surface area contributed by atoms with Crippen molar-refractivity contribution >= 4 is 31.3 Å². The molecule has 2 aliphatic rings. The van der Waals surface area contributed by atoms with Crippen LogP contribution in [-0.4, -0.2) is 111 Å². The number of unbranched alkanes of at least 4 members (excludes halogenated alkanes) is 1. The van der Waals surface area contributed by atoms with Gasteiger partial charge in [-0.3, -0.25) is 19.2 Å². The zero-order chi connectivity index (χ0) is 37.0. The van der Waals surface area contributed by atoms with E-state index in [2.05, 4.69) is 10.3 Å². The molecule has 0 saturated carbocycles. The number of nitrogen functional groups attached to an aromatic ring is 1. The van der Waals surface area contributed by atoms with Crippen molar-refractivity contribution in [2.45, 2.75) is 129 Å². The van der Waals surface area contributed by atoms with Crippen molar-refractivity contribution in [2.75, 3.05) is 25.9 Å². The first-order valence-electron chi connectivity index (χ1n) is 17.7. The summed E-state index contributed by atoms with van der Waals surface area (Å²) in [6, 6.07) is 6.34. The fraction of sp³-hybridized carbons (Fsp3) is 0.694. The SMILES string of the molecule is [B][C@@H]1CC(=O)[C@@H](C)C(O)O[C@H](CC)[C@@]2(C)OC(=O)N(CCCCn3cc(-c4cccc(N)c4)nn3)[C@@H]2[C@@H](C)N(C(C)=O)C[C@H](C)C[C@@]1(C)OC. The van der Waals surface area contributed by atoms with Crippen LogP contribution in [0, 0.1) is 11.8 Å². The van der Waals surface area contributed by atoms with Crippen LogP contribution in [0.4, 0.5) is 10.5 Å². The number of carbonyl (C=O) groups is 3. The summed E-state index contributed by atoms with van der Waals surface area (Å²) < 4.78 is 20.0. The van der Waals surface area contributed by atoms with Crippen LogP contribution < -0.4 is 5.73 Å². The number of Topliss-reactive ketones (excluding diaryl/α,β-unsaturated/α-hetero) is 1. The number of ether oxygens (including phenoxy) is 3. The average molecular weight is 695 g/mol. The topological polar surface area (TPSA) is 162 Å². The number of anilines is 1. The lowest BCUT2D eigenvalue weighted by atomic mass is 9.67. The summed E-state index contributed by atoms with van der Waals surface area (Å²) in [4.78, 5) is 43.9. The summed E-state index contributed by atoms with van der Waals surface area (Å²) in [6.07, 6.45) is 1.22. The Morgan fingerprint density at radius 3 is 2.52 bits per heavy atom. The van der Waals surface area contributed by atoms with Gasteiger partial charge < -0.3 is 30.0 Å². The highest BCUT2D eigenvalue weighted by Gasteiger charge is 2.59. The van der Waals surface area contributed by atoms with Gasteiger partial charge in [-0.15, -0.1) is 5.10 Å². The molecule has 3 N–H and O–H groups in total. The largest absolute Gasteiger partial charge is 0.438 e. The normalized spacial score (nSPS) is 33.0. The third kappa shape index (κ3) is 8.51. The van der Waals surface area contributed by atoms with E-state index < -0.39 is 53.5 Å². The number of aryl methyl sites for hydroxylation is 1. The van der Waals surface area contributed by atoms with Crippen molar-refractivity contribution in [1.29, 1.82) is 0 Å². The number of hydrogen-bond acceptors (Lipinski definition) is 10. The number of aliphatic hydroxyl groups is 1. The standard InChI is InChI=1S/C36H55BN6O7/c1-9-31-36(7)32(42(34(47)50-36)16-11-10-15-41-21-28(39-40-41)26-13-12-14-27(38)17-26)24(4)43(25(5)44)20-22(2)19-35(6,48-8)30(37)18-29(45)23(3)33(46)49-31/h12-14,17,21-24,30-33,46H,9-11,15-16,18-20,38H2,1-8H3/t22-,23-,24-,30-,31-,32-,33?,35-,36-/m1/s1. The van der Waals surface area contributed by atoms with Gasteiger partial charge in [0.15, 0.2) is 11.9 Å². The lowest BCUT2D eigenvalue weighted by Crippen LogP contribution is -2.62. The maximum absolute atomic E-state index is 13.8. The van der Waals surface area contributed by atoms with Crippen LogP contribution in [0.5, 0.6) is 0 Å². The molecule has 13 nitrogen and oxygen atoms in total.